The fourth-order valence-electron chi connectivity index (χ4n) is 3.98. The average molecular weight is 518 g/mol. The maximum Gasteiger partial charge on any atom is 0.326 e. The van der Waals surface area contributed by atoms with Gasteiger partial charge in [0.2, 0.25) is 0 Å². The molecule has 0 saturated heterocycles. The third-order valence-corrected chi connectivity index (χ3v) is 5.77. The molecule has 194 valence electrons. The number of rotatable bonds is 10. The topological polar surface area (TPSA) is 182 Å². The molecule has 38 heavy (non-hydrogen) atoms. The van der Waals surface area contributed by atoms with Crippen molar-refractivity contribution in [1.82, 2.24) is 5.32 Å². The zero-order chi connectivity index (χ0) is 27.4. The number of fused-ring (bicyclic) bond motifs is 2. The van der Waals surface area contributed by atoms with Crippen LogP contribution in [0.1, 0.15) is 44.7 Å². The summed E-state index contributed by atoms with van der Waals surface area (Å²) in [4.78, 5) is 61.4. The minimum Gasteiger partial charge on any atom is -0.483 e. The molecule has 0 heterocycles. The highest BCUT2D eigenvalue weighted by Crippen LogP contribution is 2.43. The van der Waals surface area contributed by atoms with Crippen LogP contribution in [0.5, 0.6) is 17.2 Å². The molecular weight excluding hydrogens is 496 g/mol. The number of nitrogen functional groups attached to an aromatic ring is 1. The number of amides is 1. The summed E-state index contributed by atoms with van der Waals surface area (Å²) in [5, 5.41) is 20.3. The third-order valence-electron chi connectivity index (χ3n) is 5.77. The number of hydrogen-bond donors (Lipinski definition) is 4. The third kappa shape index (κ3) is 5.31. The van der Waals surface area contributed by atoms with Gasteiger partial charge in [0.1, 0.15) is 17.5 Å². The van der Waals surface area contributed by atoms with Crippen LogP contribution in [0.4, 0.5) is 5.69 Å². The van der Waals surface area contributed by atoms with Crippen molar-refractivity contribution in [3.63, 3.8) is 0 Å². The zero-order valence-electron chi connectivity index (χ0n) is 19.8. The maximum atomic E-state index is 13.4. The van der Waals surface area contributed by atoms with E-state index < -0.39 is 48.5 Å². The zero-order valence-corrected chi connectivity index (χ0v) is 19.8. The van der Waals surface area contributed by atoms with Gasteiger partial charge in [0, 0.05) is 23.6 Å². The molecule has 0 aliphatic heterocycles. The molecule has 0 saturated carbocycles. The smallest absolute Gasteiger partial charge is 0.326 e. The quantitative estimate of drug-likeness (QED) is 0.228. The van der Waals surface area contributed by atoms with Crippen molar-refractivity contribution < 1.29 is 43.7 Å². The molecule has 0 spiro atoms. The first-order valence-corrected chi connectivity index (χ1v) is 11.4. The first-order valence-electron chi connectivity index (χ1n) is 11.4. The predicted molar refractivity (Wildman–Crippen MR) is 133 cm³/mol. The molecule has 5 N–H and O–H groups in total. The van der Waals surface area contributed by atoms with Crippen molar-refractivity contribution in [2.24, 2.45) is 0 Å². The lowest BCUT2D eigenvalue weighted by Gasteiger charge is -2.23. The number of carboxylic acid groups (broad SMARTS) is 2. The molecule has 1 amide bonds. The lowest BCUT2D eigenvalue weighted by atomic mass is 9.82. The summed E-state index contributed by atoms with van der Waals surface area (Å²) in [6, 6.07) is 14.5. The highest BCUT2D eigenvalue weighted by molar-refractivity contribution is 6.31. The highest BCUT2D eigenvalue weighted by Gasteiger charge is 2.36. The molecule has 3 aromatic rings. The van der Waals surface area contributed by atoms with Gasteiger partial charge >= 0.3 is 11.9 Å². The van der Waals surface area contributed by atoms with Gasteiger partial charge in [0.15, 0.2) is 23.9 Å². The van der Waals surface area contributed by atoms with Crippen LogP contribution in [0.2, 0.25) is 0 Å². The van der Waals surface area contributed by atoms with Gasteiger partial charge in [-0.3, -0.25) is 19.2 Å². The molecule has 0 bridgehead atoms. The molecule has 11 nitrogen and oxygen atoms in total. The summed E-state index contributed by atoms with van der Waals surface area (Å²) < 4.78 is 11.5. The second-order valence-electron chi connectivity index (χ2n) is 8.33. The number of carbonyl (C=O) groups is 5. The standard InChI is InChI=1S/C27H22N2O9/c28-24-19(38-14-6-2-1-3-7-14)12-18(37-13-20(30)29-17(27(35)36)10-11-21(31)32)22-23(24)26(34)16-9-5-4-8-15(16)25(22)33/h1-9,12,17H,10-11,13,28H2,(H,29,30)(H,31,32)(H,35,36). The summed E-state index contributed by atoms with van der Waals surface area (Å²) in [5.74, 6) is -4.36. The van der Waals surface area contributed by atoms with E-state index in [1.54, 1.807) is 42.5 Å². The predicted octanol–water partition coefficient (Wildman–Crippen LogP) is 2.65. The van der Waals surface area contributed by atoms with Crippen LogP contribution < -0.4 is 20.5 Å². The van der Waals surface area contributed by atoms with Gasteiger partial charge in [-0.2, -0.15) is 0 Å². The Kier molecular flexibility index (Phi) is 7.38. The minimum atomic E-state index is -1.46. The molecule has 1 atom stereocenters. The highest BCUT2D eigenvalue weighted by atomic mass is 16.5. The first kappa shape index (κ1) is 25.9. The van der Waals surface area contributed by atoms with Crippen molar-refractivity contribution in [1.29, 1.82) is 0 Å². The molecule has 4 rings (SSSR count). The molecular formula is C27H22N2O9. The Morgan fingerprint density at radius 1 is 0.868 bits per heavy atom. The van der Waals surface area contributed by atoms with Crippen molar-refractivity contribution in [3.8, 4) is 17.2 Å². The number of carbonyl (C=O) groups excluding carboxylic acids is 3. The lowest BCUT2D eigenvalue weighted by molar-refractivity contribution is -0.143. The van der Waals surface area contributed by atoms with Crippen LogP contribution >= 0.6 is 0 Å². The average Bonchev–Trinajstić information content (AvgIpc) is 2.90. The summed E-state index contributed by atoms with van der Waals surface area (Å²) in [7, 11) is 0. The number of carboxylic acids is 2. The van der Waals surface area contributed by atoms with Crippen molar-refractivity contribution in [2.45, 2.75) is 18.9 Å². The summed E-state index contributed by atoms with van der Waals surface area (Å²) in [6.07, 6.45) is -0.813. The number of ketones is 2. The van der Waals surface area contributed by atoms with E-state index in [-0.39, 0.29) is 45.9 Å². The summed E-state index contributed by atoms with van der Waals surface area (Å²) >= 11 is 0. The van der Waals surface area contributed by atoms with Gasteiger partial charge < -0.3 is 30.7 Å². The van der Waals surface area contributed by atoms with Crippen LogP contribution in [0.3, 0.4) is 0 Å². The Morgan fingerprint density at radius 2 is 1.47 bits per heavy atom. The fourth-order valence-corrected chi connectivity index (χ4v) is 3.98. The number of ether oxygens (including phenoxy) is 2. The van der Waals surface area contributed by atoms with Crippen LogP contribution in [0.15, 0.2) is 60.7 Å². The second kappa shape index (κ2) is 10.8. The van der Waals surface area contributed by atoms with E-state index in [4.69, 9.17) is 20.3 Å². The number of anilines is 1. The van der Waals surface area contributed by atoms with Crippen LogP contribution in [0.25, 0.3) is 0 Å². The number of hydrogen-bond acceptors (Lipinski definition) is 8. The molecule has 0 aromatic heterocycles. The van der Waals surface area contributed by atoms with E-state index in [0.717, 1.165) is 0 Å². The molecule has 1 aliphatic rings. The molecule has 0 fully saturated rings. The van der Waals surface area contributed by atoms with Gasteiger partial charge in [-0.05, 0) is 18.6 Å². The molecule has 3 aromatic carbocycles. The van der Waals surface area contributed by atoms with Gasteiger partial charge in [0.05, 0.1) is 16.8 Å². The van der Waals surface area contributed by atoms with Gasteiger partial charge in [-0.1, -0.05) is 42.5 Å². The lowest BCUT2D eigenvalue weighted by Crippen LogP contribution is -2.43. The van der Waals surface area contributed by atoms with Gasteiger partial charge in [-0.15, -0.1) is 0 Å². The Hall–Kier alpha value is -5.19. The van der Waals surface area contributed by atoms with E-state index >= 15 is 0 Å². The number of para-hydroxylation sites is 1. The molecule has 0 radical (unpaired) electrons. The first-order chi connectivity index (χ1) is 18.2. The molecule has 1 unspecified atom stereocenters. The minimum absolute atomic E-state index is 0.00996. The largest absolute Gasteiger partial charge is 0.483 e. The van der Waals surface area contributed by atoms with Crippen molar-refractivity contribution >= 4 is 35.1 Å². The Morgan fingerprint density at radius 3 is 2.08 bits per heavy atom. The normalized spacial score (nSPS) is 12.6. The monoisotopic (exact) mass is 518 g/mol. The number of aliphatic carboxylic acids is 2. The summed E-state index contributed by atoms with van der Waals surface area (Å²) in [5.41, 5.74) is 6.21. The number of nitrogens with one attached hydrogen (secondary N) is 1. The fraction of sp³-hybridized carbons (Fsp3) is 0.148. The Bertz CT molecular complexity index is 1450. The summed E-state index contributed by atoms with van der Waals surface area (Å²) in [6.45, 7) is -0.735. The number of nitrogens with two attached hydrogens (primary N) is 1. The van der Waals surface area contributed by atoms with Crippen LogP contribution in [0, 0.1) is 0 Å². The number of benzene rings is 3. The van der Waals surface area contributed by atoms with Crippen molar-refractivity contribution in [2.75, 3.05) is 12.3 Å². The van der Waals surface area contributed by atoms with E-state index in [1.807, 2.05) is 0 Å². The Balaban J connectivity index is 1.68. The molecule has 11 heteroatoms. The van der Waals surface area contributed by atoms with Gasteiger partial charge in [-0.25, -0.2) is 4.79 Å². The van der Waals surface area contributed by atoms with Crippen molar-refractivity contribution in [3.05, 3.63) is 82.9 Å². The second-order valence-corrected chi connectivity index (χ2v) is 8.33. The molecule has 1 aliphatic carbocycles. The Labute approximate surface area is 215 Å². The maximum absolute atomic E-state index is 13.4. The van der Waals surface area contributed by atoms with E-state index in [9.17, 15) is 29.1 Å². The van der Waals surface area contributed by atoms with Crippen LogP contribution in [-0.2, 0) is 14.4 Å². The van der Waals surface area contributed by atoms with E-state index in [2.05, 4.69) is 5.32 Å². The van der Waals surface area contributed by atoms with Crippen LogP contribution in [-0.4, -0.2) is 52.3 Å². The SMILES string of the molecule is Nc1c(Oc2ccccc2)cc(OCC(=O)NC(CCC(=O)O)C(=O)O)c2c1C(=O)c1ccccc1C2=O. The van der Waals surface area contributed by atoms with E-state index in [1.165, 1.54) is 18.2 Å². The van der Waals surface area contributed by atoms with E-state index in [0.29, 0.717) is 5.75 Å². The van der Waals surface area contributed by atoms with Gasteiger partial charge in [0.25, 0.3) is 5.91 Å².